The minimum Gasteiger partial charge on any atom is -0.492 e. The zero-order valence-electron chi connectivity index (χ0n) is 14.5. The zero-order valence-corrected chi connectivity index (χ0v) is 14.5. The molecule has 2 aromatic heterocycles. The molecule has 0 bridgehead atoms. The van der Waals surface area contributed by atoms with E-state index in [-0.39, 0.29) is 12.5 Å². The van der Waals surface area contributed by atoms with Gasteiger partial charge in [-0.3, -0.25) is 4.79 Å². The number of para-hydroxylation sites is 2. The van der Waals surface area contributed by atoms with Crippen LogP contribution in [0.5, 0.6) is 5.75 Å². The molecule has 7 heteroatoms. The van der Waals surface area contributed by atoms with Gasteiger partial charge in [-0.1, -0.05) is 12.1 Å². The van der Waals surface area contributed by atoms with E-state index in [1.165, 1.54) is 0 Å². The highest BCUT2D eigenvalue weighted by molar-refractivity contribution is 5.92. The highest BCUT2D eigenvalue weighted by atomic mass is 16.5. The van der Waals surface area contributed by atoms with Crippen LogP contribution in [-0.2, 0) is 11.3 Å². The summed E-state index contributed by atoms with van der Waals surface area (Å²) >= 11 is 0. The molecule has 0 aliphatic heterocycles. The summed E-state index contributed by atoms with van der Waals surface area (Å²) in [7, 11) is 0. The number of amides is 1. The van der Waals surface area contributed by atoms with E-state index in [9.17, 15) is 4.79 Å². The van der Waals surface area contributed by atoms with Crippen LogP contribution in [0.15, 0.2) is 47.0 Å². The summed E-state index contributed by atoms with van der Waals surface area (Å²) < 4.78 is 13.1. The van der Waals surface area contributed by atoms with Crippen molar-refractivity contribution in [2.24, 2.45) is 0 Å². The van der Waals surface area contributed by atoms with Gasteiger partial charge in [0, 0.05) is 12.1 Å². The first kappa shape index (κ1) is 16.4. The summed E-state index contributed by atoms with van der Waals surface area (Å²) in [5.74, 6) is 2.03. The van der Waals surface area contributed by atoms with Crippen LogP contribution in [-0.4, -0.2) is 27.3 Å². The van der Waals surface area contributed by atoms with E-state index in [2.05, 4.69) is 15.5 Å². The molecule has 0 saturated heterocycles. The number of hydrogen-bond donors (Lipinski definition) is 1. The molecule has 3 aromatic rings. The van der Waals surface area contributed by atoms with Crippen LogP contribution in [0.1, 0.15) is 31.6 Å². The summed E-state index contributed by atoms with van der Waals surface area (Å²) in [5.41, 5.74) is 1.39. The van der Waals surface area contributed by atoms with E-state index in [0.29, 0.717) is 35.7 Å². The Hall–Kier alpha value is -3.09. The van der Waals surface area contributed by atoms with Crippen molar-refractivity contribution in [3.63, 3.8) is 0 Å². The molecule has 1 aliphatic rings. The molecule has 1 aromatic carbocycles. The average Bonchev–Trinajstić information content (AvgIpc) is 3.19. The van der Waals surface area contributed by atoms with Gasteiger partial charge in [0.05, 0.1) is 12.3 Å². The van der Waals surface area contributed by atoms with E-state index in [4.69, 9.17) is 9.15 Å². The van der Waals surface area contributed by atoms with Crippen LogP contribution in [0.25, 0.3) is 11.6 Å². The number of carbonyl (C=O) groups is 1. The van der Waals surface area contributed by atoms with Crippen molar-refractivity contribution in [2.45, 2.75) is 32.2 Å². The number of benzene rings is 1. The van der Waals surface area contributed by atoms with Crippen molar-refractivity contribution in [1.29, 1.82) is 0 Å². The van der Waals surface area contributed by atoms with E-state index in [0.717, 1.165) is 18.5 Å². The highest BCUT2D eigenvalue weighted by Gasteiger charge is 2.30. The summed E-state index contributed by atoms with van der Waals surface area (Å²) in [6, 6.07) is 11.1. The molecule has 4 rings (SSSR count). The van der Waals surface area contributed by atoms with E-state index in [1.54, 1.807) is 4.57 Å². The summed E-state index contributed by atoms with van der Waals surface area (Å²) in [5, 5.41) is 11.1. The van der Waals surface area contributed by atoms with Crippen molar-refractivity contribution < 1.29 is 13.9 Å². The Labute approximate surface area is 151 Å². The number of hydrogen-bond acceptors (Lipinski definition) is 5. The number of anilines is 1. The molecule has 1 aliphatic carbocycles. The topological polar surface area (TPSA) is 82.2 Å². The van der Waals surface area contributed by atoms with Crippen molar-refractivity contribution in [1.82, 2.24) is 14.8 Å². The first-order valence-corrected chi connectivity index (χ1v) is 8.75. The van der Waals surface area contributed by atoms with Gasteiger partial charge >= 0.3 is 0 Å². The zero-order chi connectivity index (χ0) is 17.9. The lowest BCUT2D eigenvalue weighted by Crippen LogP contribution is -2.19. The maximum absolute atomic E-state index is 12.5. The Balaban J connectivity index is 1.48. The number of carbonyl (C=O) groups excluding carboxylic acids is 1. The maximum Gasteiger partial charge on any atom is 0.264 e. The molecule has 0 atom stereocenters. The van der Waals surface area contributed by atoms with Gasteiger partial charge in [-0.05, 0) is 44.0 Å². The van der Waals surface area contributed by atoms with Gasteiger partial charge in [0.1, 0.15) is 18.0 Å². The summed E-state index contributed by atoms with van der Waals surface area (Å²) in [6.07, 6.45) is 4.03. The molecule has 1 fully saturated rings. The lowest BCUT2D eigenvalue weighted by atomic mass is 10.3. The Morgan fingerprint density at radius 3 is 2.92 bits per heavy atom. The van der Waals surface area contributed by atoms with Gasteiger partial charge in [-0.2, -0.15) is 0 Å². The van der Waals surface area contributed by atoms with Crippen LogP contribution in [0.4, 0.5) is 5.69 Å². The molecule has 1 saturated carbocycles. The van der Waals surface area contributed by atoms with Gasteiger partial charge in [0.2, 0.25) is 11.8 Å². The number of ether oxygens (including phenoxy) is 1. The second-order valence-corrected chi connectivity index (χ2v) is 6.22. The fourth-order valence-electron chi connectivity index (χ4n) is 2.78. The third kappa shape index (κ3) is 3.46. The fraction of sp³-hybridized carbons (Fsp3) is 0.316. The quantitative estimate of drug-likeness (QED) is 0.704. The number of nitrogens with one attached hydrogen (secondary N) is 1. The Morgan fingerprint density at radius 1 is 1.27 bits per heavy atom. The molecule has 134 valence electrons. The summed E-state index contributed by atoms with van der Waals surface area (Å²) in [4.78, 5) is 12.5. The molecule has 1 amide bonds. The van der Waals surface area contributed by atoms with E-state index >= 15 is 0 Å². The molecule has 0 spiro atoms. The lowest BCUT2D eigenvalue weighted by molar-refractivity contribution is -0.116. The van der Waals surface area contributed by atoms with Crippen molar-refractivity contribution in [2.75, 3.05) is 11.9 Å². The van der Waals surface area contributed by atoms with Crippen molar-refractivity contribution in [3.05, 3.63) is 48.5 Å². The van der Waals surface area contributed by atoms with Gasteiger partial charge in [0.25, 0.3) is 5.89 Å². The molecule has 2 heterocycles. The van der Waals surface area contributed by atoms with E-state index < -0.39 is 0 Å². The SMILES string of the molecule is CCOc1ccccc1NC(=O)Cn1cccc1-c1nnc(C2CC2)o1. The second kappa shape index (κ2) is 7.03. The largest absolute Gasteiger partial charge is 0.492 e. The van der Waals surface area contributed by atoms with Crippen molar-refractivity contribution >= 4 is 11.6 Å². The average molecular weight is 352 g/mol. The fourth-order valence-corrected chi connectivity index (χ4v) is 2.78. The molecule has 7 nitrogen and oxygen atoms in total. The van der Waals surface area contributed by atoms with Crippen LogP contribution in [0, 0.1) is 0 Å². The van der Waals surface area contributed by atoms with Crippen LogP contribution < -0.4 is 10.1 Å². The first-order chi connectivity index (χ1) is 12.7. The normalized spacial score (nSPS) is 13.6. The van der Waals surface area contributed by atoms with Gasteiger partial charge in [-0.15, -0.1) is 10.2 Å². The Kier molecular flexibility index (Phi) is 4.43. The van der Waals surface area contributed by atoms with Gasteiger partial charge in [0.15, 0.2) is 0 Å². The van der Waals surface area contributed by atoms with E-state index in [1.807, 2.05) is 49.5 Å². The standard InChI is InChI=1S/C19H20N4O3/c1-2-25-16-8-4-3-6-14(16)20-17(24)12-23-11-5-7-15(23)19-22-21-18(26-19)13-9-10-13/h3-8,11,13H,2,9-10,12H2,1H3,(H,20,24). The second-order valence-electron chi connectivity index (χ2n) is 6.22. The third-order valence-electron chi connectivity index (χ3n) is 4.19. The first-order valence-electron chi connectivity index (χ1n) is 8.75. The molecule has 0 unspecified atom stereocenters. The Bertz CT molecular complexity index is 911. The maximum atomic E-state index is 12.5. The lowest BCUT2D eigenvalue weighted by Gasteiger charge is -2.12. The summed E-state index contributed by atoms with van der Waals surface area (Å²) in [6.45, 7) is 2.59. The smallest absolute Gasteiger partial charge is 0.264 e. The van der Waals surface area contributed by atoms with Gasteiger partial charge in [-0.25, -0.2) is 0 Å². The molecular weight excluding hydrogens is 332 g/mol. The van der Waals surface area contributed by atoms with Crippen molar-refractivity contribution in [3.8, 4) is 17.3 Å². The van der Waals surface area contributed by atoms with Gasteiger partial charge < -0.3 is 19.0 Å². The van der Waals surface area contributed by atoms with Crippen LogP contribution in [0.2, 0.25) is 0 Å². The Morgan fingerprint density at radius 2 is 2.12 bits per heavy atom. The number of nitrogens with zero attached hydrogens (tertiary/aromatic N) is 3. The minimum atomic E-state index is -0.156. The predicted molar refractivity (Wildman–Crippen MR) is 95.9 cm³/mol. The van der Waals surface area contributed by atoms with Crippen LogP contribution >= 0.6 is 0 Å². The monoisotopic (exact) mass is 352 g/mol. The predicted octanol–water partition coefficient (Wildman–Crippen LogP) is 3.45. The third-order valence-corrected chi connectivity index (χ3v) is 4.19. The van der Waals surface area contributed by atoms with Crippen LogP contribution in [0.3, 0.4) is 0 Å². The molecule has 1 N–H and O–H groups in total. The molecule has 26 heavy (non-hydrogen) atoms. The number of rotatable bonds is 7. The minimum absolute atomic E-state index is 0.143. The number of aromatic nitrogens is 3. The molecule has 0 radical (unpaired) electrons. The molecular formula is C19H20N4O3. The highest BCUT2D eigenvalue weighted by Crippen LogP contribution is 2.39.